The average molecular weight is 282 g/mol. The van der Waals surface area contributed by atoms with Crippen molar-refractivity contribution in [3.8, 4) is 6.07 Å². The molecule has 1 unspecified atom stereocenters. The Hall–Kier alpha value is -1.94. The predicted octanol–water partition coefficient (Wildman–Crippen LogP) is 1.21. The van der Waals surface area contributed by atoms with Gasteiger partial charge in [-0.1, -0.05) is 0 Å². The van der Waals surface area contributed by atoms with Gasteiger partial charge in [0.05, 0.1) is 17.4 Å². The summed E-state index contributed by atoms with van der Waals surface area (Å²) in [5, 5.41) is 8.68. The van der Waals surface area contributed by atoms with Crippen LogP contribution in [0.5, 0.6) is 0 Å². The molecule has 0 radical (unpaired) electrons. The maximum atomic E-state index is 12.6. The minimum atomic E-state index is -4.57. The Morgan fingerprint density at radius 1 is 1.37 bits per heavy atom. The summed E-state index contributed by atoms with van der Waals surface area (Å²) in [4.78, 5) is 13.2. The van der Waals surface area contributed by atoms with Crippen LogP contribution >= 0.6 is 0 Å². The summed E-state index contributed by atoms with van der Waals surface area (Å²) in [5.74, 6) is -1.40. The van der Waals surface area contributed by atoms with Crippen LogP contribution in [0.1, 0.15) is 12.0 Å². The molecule has 1 aromatic rings. The van der Waals surface area contributed by atoms with Gasteiger partial charge in [0.2, 0.25) is 5.91 Å². The van der Waals surface area contributed by atoms with Crippen molar-refractivity contribution < 1.29 is 17.1 Å². The summed E-state index contributed by atoms with van der Waals surface area (Å²) in [6, 6.07) is 8.33. The van der Waals surface area contributed by atoms with Crippen molar-refractivity contribution >= 4 is 21.8 Å². The van der Waals surface area contributed by atoms with Gasteiger partial charge in [-0.15, -0.1) is 3.89 Å². The number of halogens is 1. The van der Waals surface area contributed by atoms with Crippen molar-refractivity contribution in [1.82, 2.24) is 0 Å². The number of benzene rings is 1. The second kappa shape index (κ2) is 4.97. The SMILES string of the molecule is N#Cc1ccc(N2CC(CS(=O)(=O)F)CC2=O)cc1. The molecule has 5 nitrogen and oxygen atoms in total. The minimum absolute atomic E-state index is 0.0170. The Bertz CT molecular complexity index is 634. The first-order valence-corrected chi connectivity index (χ1v) is 7.17. The lowest BCUT2D eigenvalue weighted by Crippen LogP contribution is -2.25. The quantitative estimate of drug-likeness (QED) is 0.781. The van der Waals surface area contributed by atoms with Crippen LogP contribution in [0.15, 0.2) is 24.3 Å². The Morgan fingerprint density at radius 3 is 2.53 bits per heavy atom. The first-order valence-electron chi connectivity index (χ1n) is 5.62. The van der Waals surface area contributed by atoms with Crippen molar-refractivity contribution in [3.63, 3.8) is 0 Å². The van der Waals surface area contributed by atoms with E-state index in [2.05, 4.69) is 0 Å². The molecule has 0 bridgehead atoms. The topological polar surface area (TPSA) is 78.2 Å². The lowest BCUT2D eigenvalue weighted by atomic mass is 10.1. The molecule has 1 aliphatic heterocycles. The van der Waals surface area contributed by atoms with Crippen LogP contribution < -0.4 is 4.90 Å². The molecule has 1 heterocycles. The molecule has 19 heavy (non-hydrogen) atoms. The van der Waals surface area contributed by atoms with E-state index in [0.29, 0.717) is 11.3 Å². The number of hydrogen-bond donors (Lipinski definition) is 0. The molecule has 0 spiro atoms. The highest BCUT2D eigenvalue weighted by Crippen LogP contribution is 2.26. The Kier molecular flexibility index (Phi) is 3.53. The molecular weight excluding hydrogens is 271 g/mol. The van der Waals surface area contributed by atoms with E-state index < -0.39 is 21.9 Å². The van der Waals surface area contributed by atoms with E-state index in [0.717, 1.165) is 0 Å². The van der Waals surface area contributed by atoms with Gasteiger partial charge in [-0.05, 0) is 24.3 Å². The van der Waals surface area contributed by atoms with Gasteiger partial charge >= 0.3 is 10.2 Å². The van der Waals surface area contributed by atoms with Gasteiger partial charge in [-0.25, -0.2) is 0 Å². The fourth-order valence-corrected chi connectivity index (χ4v) is 2.93. The molecular formula is C12H11FN2O3S. The number of anilines is 1. The average Bonchev–Trinajstić information content (AvgIpc) is 2.68. The third-order valence-electron chi connectivity index (χ3n) is 2.95. The van der Waals surface area contributed by atoms with Gasteiger partial charge in [0.25, 0.3) is 0 Å². The second-order valence-electron chi connectivity index (χ2n) is 4.44. The summed E-state index contributed by atoms with van der Waals surface area (Å²) in [5.41, 5.74) is 1.06. The molecule has 1 fully saturated rings. The Morgan fingerprint density at radius 2 is 2.00 bits per heavy atom. The van der Waals surface area contributed by atoms with Crippen molar-refractivity contribution in [2.75, 3.05) is 17.2 Å². The van der Waals surface area contributed by atoms with Crippen molar-refractivity contribution in [2.24, 2.45) is 5.92 Å². The van der Waals surface area contributed by atoms with E-state index in [4.69, 9.17) is 5.26 Å². The maximum absolute atomic E-state index is 12.6. The largest absolute Gasteiger partial charge is 0.312 e. The van der Waals surface area contributed by atoms with Gasteiger partial charge in [0, 0.05) is 24.6 Å². The highest BCUT2D eigenvalue weighted by molar-refractivity contribution is 7.86. The number of hydrogen-bond acceptors (Lipinski definition) is 4. The zero-order valence-corrected chi connectivity index (χ0v) is 10.7. The van der Waals surface area contributed by atoms with E-state index in [-0.39, 0.29) is 18.9 Å². The standard InChI is InChI=1S/C12H11FN2O3S/c13-19(17,18)8-10-5-12(16)15(7-10)11-3-1-9(6-14)2-4-11/h1-4,10H,5,7-8H2. The number of rotatable bonds is 3. The lowest BCUT2D eigenvalue weighted by molar-refractivity contribution is -0.117. The smallest absolute Gasteiger partial charge is 0.302 e. The fourth-order valence-electron chi connectivity index (χ4n) is 2.14. The van der Waals surface area contributed by atoms with Crippen LogP contribution in [0.4, 0.5) is 9.57 Å². The first-order chi connectivity index (χ1) is 8.89. The molecule has 1 aromatic carbocycles. The second-order valence-corrected chi connectivity index (χ2v) is 5.85. The molecule has 1 amide bonds. The zero-order valence-electron chi connectivity index (χ0n) is 9.91. The molecule has 0 saturated carbocycles. The number of nitrogens with zero attached hydrogens (tertiary/aromatic N) is 2. The summed E-state index contributed by atoms with van der Waals surface area (Å²) < 4.78 is 33.8. The Balaban J connectivity index is 2.13. The summed E-state index contributed by atoms with van der Waals surface area (Å²) in [6.45, 7) is 0.174. The molecule has 0 N–H and O–H groups in total. The van der Waals surface area contributed by atoms with Crippen molar-refractivity contribution in [2.45, 2.75) is 6.42 Å². The summed E-state index contributed by atoms with van der Waals surface area (Å²) in [7, 11) is -4.57. The van der Waals surface area contributed by atoms with E-state index in [1.165, 1.54) is 4.90 Å². The van der Waals surface area contributed by atoms with E-state index >= 15 is 0 Å². The number of carbonyl (C=O) groups excluding carboxylic acids is 1. The Labute approximate surface area is 110 Å². The molecule has 2 rings (SSSR count). The number of carbonyl (C=O) groups is 1. The van der Waals surface area contributed by atoms with Gasteiger partial charge in [-0.3, -0.25) is 4.79 Å². The van der Waals surface area contributed by atoms with Crippen LogP contribution in [0, 0.1) is 17.2 Å². The van der Waals surface area contributed by atoms with E-state index in [1.807, 2.05) is 6.07 Å². The minimum Gasteiger partial charge on any atom is -0.312 e. The fraction of sp³-hybridized carbons (Fsp3) is 0.333. The summed E-state index contributed by atoms with van der Waals surface area (Å²) in [6.07, 6.45) is 0.0170. The summed E-state index contributed by atoms with van der Waals surface area (Å²) >= 11 is 0. The molecule has 1 atom stereocenters. The third kappa shape index (κ3) is 3.29. The molecule has 0 aliphatic carbocycles. The van der Waals surface area contributed by atoms with Gasteiger partial charge < -0.3 is 4.90 Å². The highest BCUT2D eigenvalue weighted by atomic mass is 32.3. The van der Waals surface area contributed by atoms with Gasteiger partial charge in [0.15, 0.2) is 0 Å². The van der Waals surface area contributed by atoms with E-state index in [1.54, 1.807) is 24.3 Å². The van der Waals surface area contributed by atoms with Crippen LogP contribution in [-0.4, -0.2) is 26.6 Å². The van der Waals surface area contributed by atoms with Crippen molar-refractivity contribution in [1.29, 1.82) is 5.26 Å². The van der Waals surface area contributed by atoms with Crippen LogP contribution in [0.2, 0.25) is 0 Å². The monoisotopic (exact) mass is 282 g/mol. The highest BCUT2D eigenvalue weighted by Gasteiger charge is 2.33. The van der Waals surface area contributed by atoms with Crippen LogP contribution in [-0.2, 0) is 15.0 Å². The lowest BCUT2D eigenvalue weighted by Gasteiger charge is -2.16. The van der Waals surface area contributed by atoms with E-state index in [9.17, 15) is 17.1 Å². The predicted molar refractivity (Wildman–Crippen MR) is 66.5 cm³/mol. The molecule has 7 heteroatoms. The molecule has 1 aliphatic rings. The zero-order chi connectivity index (χ0) is 14.0. The molecule has 100 valence electrons. The normalized spacial score (nSPS) is 19.5. The molecule has 0 aromatic heterocycles. The molecule has 1 saturated heterocycles. The van der Waals surface area contributed by atoms with Gasteiger partial charge in [0.1, 0.15) is 0 Å². The maximum Gasteiger partial charge on any atom is 0.302 e. The van der Waals surface area contributed by atoms with Crippen LogP contribution in [0.3, 0.4) is 0 Å². The van der Waals surface area contributed by atoms with Crippen molar-refractivity contribution in [3.05, 3.63) is 29.8 Å². The van der Waals surface area contributed by atoms with Gasteiger partial charge in [-0.2, -0.15) is 13.7 Å². The number of amides is 1. The number of nitriles is 1. The third-order valence-corrected chi connectivity index (χ3v) is 3.82. The first kappa shape index (κ1) is 13.5. The van der Waals surface area contributed by atoms with Crippen LogP contribution in [0.25, 0.3) is 0 Å².